The minimum atomic E-state index is -5.12. The third-order valence-corrected chi connectivity index (χ3v) is 3.41. The summed E-state index contributed by atoms with van der Waals surface area (Å²) in [6.45, 7) is 1.11. The van der Waals surface area contributed by atoms with E-state index in [9.17, 15) is 34.8 Å². The first kappa shape index (κ1) is 16.8. The molecule has 0 spiro atoms. The molecule has 3 nitrogen and oxygen atoms in total. The summed E-state index contributed by atoms with van der Waals surface area (Å²) in [6, 6.07) is 0.229. The largest absolute Gasteiger partial charge is 0.416 e. The molecule has 0 aromatic heterocycles. The van der Waals surface area contributed by atoms with E-state index in [0.29, 0.717) is 0 Å². The van der Waals surface area contributed by atoms with Gasteiger partial charge in [-0.05, 0) is 24.1 Å². The molecule has 0 aliphatic carbocycles. The second kappa shape index (κ2) is 4.92. The van der Waals surface area contributed by atoms with Crippen molar-refractivity contribution < 1.29 is 34.8 Å². The van der Waals surface area contributed by atoms with Crippen molar-refractivity contribution in [3.8, 4) is 0 Å². The first-order chi connectivity index (χ1) is 8.78. The van der Waals surface area contributed by atoms with Gasteiger partial charge in [0, 0.05) is 0 Å². The van der Waals surface area contributed by atoms with Crippen molar-refractivity contribution in [2.75, 3.05) is 0 Å². The van der Waals surface area contributed by atoms with Crippen LogP contribution in [0.25, 0.3) is 0 Å². The monoisotopic (exact) mass is 321 g/mol. The Balaban J connectivity index is 3.85. The highest BCUT2D eigenvalue weighted by atomic mass is 32.2. The molecule has 114 valence electrons. The lowest BCUT2D eigenvalue weighted by molar-refractivity contribution is -0.144. The fourth-order valence-electron chi connectivity index (χ4n) is 1.70. The predicted octanol–water partition coefficient (Wildman–Crippen LogP) is 2.93. The van der Waals surface area contributed by atoms with Gasteiger partial charge in [0.1, 0.15) is 0 Å². The molecule has 0 aliphatic rings. The highest BCUT2D eigenvalue weighted by molar-refractivity contribution is 7.89. The summed E-state index contributed by atoms with van der Waals surface area (Å²) >= 11 is 0. The molecule has 0 radical (unpaired) electrons. The lowest BCUT2D eigenvalue weighted by atomic mass is 9.98. The van der Waals surface area contributed by atoms with Gasteiger partial charge in [0.25, 0.3) is 0 Å². The van der Waals surface area contributed by atoms with E-state index in [-0.39, 0.29) is 12.1 Å². The number of sulfonamides is 1. The van der Waals surface area contributed by atoms with E-state index in [4.69, 9.17) is 0 Å². The number of hydrogen-bond donors (Lipinski definition) is 1. The van der Waals surface area contributed by atoms with Crippen LogP contribution in [0, 0.1) is 0 Å². The second-order valence-corrected chi connectivity index (χ2v) is 5.45. The number of hydrogen-bond acceptors (Lipinski definition) is 2. The molecule has 0 saturated heterocycles. The van der Waals surface area contributed by atoms with Gasteiger partial charge in [-0.1, -0.05) is 6.92 Å². The number of halogens is 6. The lowest BCUT2D eigenvalue weighted by Gasteiger charge is -2.19. The molecule has 0 unspecified atom stereocenters. The Hall–Kier alpha value is -1.29. The quantitative estimate of drug-likeness (QED) is 0.852. The number of benzene rings is 1. The highest BCUT2D eigenvalue weighted by Crippen LogP contribution is 2.41. The standard InChI is InChI=1S/C10H9F6NO2S/c1-2-6-7(9(11,12)13)3-5(20(17,18)19)4-8(6)10(14,15)16/h3-4H,2H2,1H3,(H2,17,18,19). The second-order valence-electron chi connectivity index (χ2n) is 3.89. The molecule has 20 heavy (non-hydrogen) atoms. The van der Waals surface area contributed by atoms with Crippen molar-refractivity contribution in [2.24, 2.45) is 5.14 Å². The third kappa shape index (κ3) is 3.42. The van der Waals surface area contributed by atoms with Crippen molar-refractivity contribution in [1.29, 1.82) is 0 Å². The number of alkyl halides is 6. The average Bonchev–Trinajstić information content (AvgIpc) is 2.23. The van der Waals surface area contributed by atoms with E-state index in [1.165, 1.54) is 0 Å². The third-order valence-electron chi connectivity index (χ3n) is 2.52. The van der Waals surface area contributed by atoms with E-state index in [2.05, 4.69) is 5.14 Å². The van der Waals surface area contributed by atoms with Crippen LogP contribution < -0.4 is 5.14 Å². The zero-order chi connectivity index (χ0) is 15.9. The van der Waals surface area contributed by atoms with E-state index >= 15 is 0 Å². The van der Waals surface area contributed by atoms with Crippen LogP contribution in [0.1, 0.15) is 23.6 Å². The fraction of sp³-hybridized carbons (Fsp3) is 0.400. The summed E-state index contributed by atoms with van der Waals surface area (Å²) in [6.07, 6.45) is -10.8. The fourth-order valence-corrected chi connectivity index (χ4v) is 2.26. The minimum absolute atomic E-state index is 0.114. The topological polar surface area (TPSA) is 60.2 Å². The molecule has 0 atom stereocenters. The van der Waals surface area contributed by atoms with Crippen LogP contribution >= 0.6 is 0 Å². The van der Waals surface area contributed by atoms with Crippen LogP contribution in [-0.2, 0) is 28.8 Å². The number of nitrogens with two attached hydrogens (primary N) is 1. The first-order valence-corrected chi connectivity index (χ1v) is 6.67. The summed E-state index contributed by atoms with van der Waals surface area (Å²) < 4.78 is 98.7. The van der Waals surface area contributed by atoms with E-state index in [1.54, 1.807) is 0 Å². The van der Waals surface area contributed by atoms with Gasteiger partial charge in [-0.2, -0.15) is 26.3 Å². The van der Waals surface area contributed by atoms with Gasteiger partial charge >= 0.3 is 12.4 Å². The lowest BCUT2D eigenvalue weighted by Crippen LogP contribution is -2.20. The Morgan fingerprint density at radius 2 is 1.35 bits per heavy atom. The summed E-state index contributed by atoms with van der Waals surface area (Å²) in [7, 11) is -4.69. The highest BCUT2D eigenvalue weighted by Gasteiger charge is 2.41. The number of rotatable bonds is 2. The molecule has 2 N–H and O–H groups in total. The number of primary sulfonamides is 1. The van der Waals surface area contributed by atoms with Crippen LogP contribution in [0.4, 0.5) is 26.3 Å². The van der Waals surface area contributed by atoms with Crippen molar-refractivity contribution in [3.63, 3.8) is 0 Å². The average molecular weight is 321 g/mol. The Labute approximate surface area is 110 Å². The normalized spacial score (nSPS) is 13.6. The zero-order valence-corrected chi connectivity index (χ0v) is 10.7. The molecule has 0 bridgehead atoms. The van der Waals surface area contributed by atoms with E-state index < -0.39 is 50.4 Å². The summed E-state index contributed by atoms with van der Waals surface area (Å²) in [4.78, 5) is -1.23. The summed E-state index contributed by atoms with van der Waals surface area (Å²) in [5.74, 6) is 0. The first-order valence-electron chi connectivity index (χ1n) is 5.12. The van der Waals surface area contributed by atoms with Gasteiger partial charge in [0.05, 0.1) is 16.0 Å². The van der Waals surface area contributed by atoms with Crippen LogP contribution in [0.2, 0.25) is 0 Å². The molecule has 0 aliphatic heterocycles. The van der Waals surface area contributed by atoms with Crippen molar-refractivity contribution in [1.82, 2.24) is 0 Å². The molecule has 10 heteroatoms. The Morgan fingerprint density at radius 1 is 1.00 bits per heavy atom. The van der Waals surface area contributed by atoms with Crippen LogP contribution in [0.15, 0.2) is 17.0 Å². The van der Waals surface area contributed by atoms with Gasteiger partial charge in [-0.3, -0.25) is 0 Å². The predicted molar refractivity (Wildman–Crippen MR) is 57.2 cm³/mol. The maximum absolute atomic E-state index is 12.8. The molecule has 0 heterocycles. The molecule has 1 aromatic rings. The zero-order valence-electron chi connectivity index (χ0n) is 9.93. The van der Waals surface area contributed by atoms with Gasteiger partial charge in [-0.25, -0.2) is 13.6 Å². The van der Waals surface area contributed by atoms with E-state index in [1.807, 2.05) is 0 Å². The van der Waals surface area contributed by atoms with Crippen molar-refractivity contribution in [3.05, 3.63) is 28.8 Å². The molecule has 0 amide bonds. The maximum atomic E-state index is 12.8. The van der Waals surface area contributed by atoms with Crippen molar-refractivity contribution >= 4 is 10.0 Å². The molecular formula is C10H9F6NO2S. The smallest absolute Gasteiger partial charge is 0.225 e. The Kier molecular flexibility index (Phi) is 4.12. The van der Waals surface area contributed by atoms with Gasteiger partial charge in [0.2, 0.25) is 10.0 Å². The van der Waals surface area contributed by atoms with Gasteiger partial charge < -0.3 is 0 Å². The van der Waals surface area contributed by atoms with Gasteiger partial charge in [-0.15, -0.1) is 0 Å². The summed E-state index contributed by atoms with van der Waals surface area (Å²) in [5, 5.41) is 4.61. The van der Waals surface area contributed by atoms with E-state index in [0.717, 1.165) is 6.92 Å². The Bertz CT molecular complexity index is 583. The van der Waals surface area contributed by atoms with Crippen LogP contribution in [0.3, 0.4) is 0 Å². The van der Waals surface area contributed by atoms with Crippen LogP contribution in [-0.4, -0.2) is 8.42 Å². The summed E-state index contributed by atoms with van der Waals surface area (Å²) in [5.41, 5.74) is -4.32. The molecule has 0 saturated carbocycles. The molecular weight excluding hydrogens is 312 g/mol. The molecule has 1 rings (SSSR count). The molecule has 1 aromatic carbocycles. The van der Waals surface area contributed by atoms with Gasteiger partial charge in [0.15, 0.2) is 0 Å². The minimum Gasteiger partial charge on any atom is -0.225 e. The van der Waals surface area contributed by atoms with Crippen molar-refractivity contribution in [2.45, 2.75) is 30.6 Å². The maximum Gasteiger partial charge on any atom is 0.416 e. The van der Waals surface area contributed by atoms with Crippen LogP contribution in [0.5, 0.6) is 0 Å². The SMILES string of the molecule is CCc1c(C(F)(F)F)cc(S(N)(=O)=O)cc1C(F)(F)F. The Morgan fingerprint density at radius 3 is 1.55 bits per heavy atom. The molecule has 0 fully saturated rings.